The maximum absolute atomic E-state index is 13.1. The number of thiol groups is 1. The first-order valence-electron chi connectivity index (χ1n) is 9.36. The molecule has 1 aromatic heterocycles. The molecule has 2 aliphatic carbocycles. The van der Waals surface area contributed by atoms with Crippen molar-refractivity contribution in [3.8, 4) is 0 Å². The van der Waals surface area contributed by atoms with Gasteiger partial charge in [0.05, 0.1) is 23.0 Å². The van der Waals surface area contributed by atoms with E-state index in [1.807, 2.05) is 36.2 Å². The number of nitrogens with one attached hydrogen (secondary N) is 1. The minimum absolute atomic E-state index is 0.251. The molecule has 0 bridgehead atoms. The van der Waals surface area contributed by atoms with E-state index >= 15 is 0 Å². The highest BCUT2D eigenvalue weighted by molar-refractivity contribution is 7.80. The van der Waals surface area contributed by atoms with Gasteiger partial charge in [-0.25, -0.2) is 9.97 Å². The minimum atomic E-state index is -0.374. The Morgan fingerprint density at radius 1 is 1.27 bits per heavy atom. The third-order valence-electron chi connectivity index (χ3n) is 6.01. The van der Waals surface area contributed by atoms with Crippen LogP contribution in [0, 0.1) is 6.92 Å². The zero-order valence-electron chi connectivity index (χ0n) is 14.8. The van der Waals surface area contributed by atoms with Crippen LogP contribution >= 0.6 is 12.6 Å². The Morgan fingerprint density at radius 3 is 2.73 bits per heavy atom. The molecule has 0 saturated heterocycles. The van der Waals surface area contributed by atoms with Gasteiger partial charge in [-0.2, -0.15) is 0 Å². The van der Waals surface area contributed by atoms with Gasteiger partial charge in [-0.3, -0.25) is 4.79 Å². The Labute approximate surface area is 158 Å². The molecule has 2 heterocycles. The van der Waals surface area contributed by atoms with E-state index in [0.717, 1.165) is 53.2 Å². The molecule has 0 radical (unpaired) electrons. The van der Waals surface area contributed by atoms with Crippen LogP contribution in [0.15, 0.2) is 29.3 Å². The van der Waals surface area contributed by atoms with Crippen molar-refractivity contribution in [2.75, 3.05) is 10.2 Å². The summed E-state index contributed by atoms with van der Waals surface area (Å²) >= 11 is 4.37. The van der Waals surface area contributed by atoms with E-state index in [1.165, 1.54) is 12.8 Å². The van der Waals surface area contributed by atoms with Gasteiger partial charge in [0.15, 0.2) is 0 Å². The summed E-state index contributed by atoms with van der Waals surface area (Å²) in [5, 5.41) is 3.31. The fourth-order valence-electron chi connectivity index (χ4n) is 4.41. The van der Waals surface area contributed by atoms with Crippen molar-refractivity contribution in [3.05, 3.63) is 35.7 Å². The number of carbonyl (C=O) groups excluding carboxylic acids is 1. The number of hydrogen-bond acceptors (Lipinski definition) is 5. The molecule has 1 aromatic carbocycles. The molecule has 26 heavy (non-hydrogen) atoms. The summed E-state index contributed by atoms with van der Waals surface area (Å²) in [6.07, 6.45) is 8.26. The molecule has 1 N–H and O–H groups in total. The first kappa shape index (κ1) is 16.1. The quantitative estimate of drug-likeness (QED) is 0.802. The van der Waals surface area contributed by atoms with Gasteiger partial charge in [0, 0.05) is 16.6 Å². The number of anilines is 3. The van der Waals surface area contributed by atoms with Crippen LogP contribution in [0.2, 0.25) is 0 Å². The maximum atomic E-state index is 13.1. The lowest BCUT2D eigenvalue weighted by molar-refractivity contribution is -0.120. The lowest BCUT2D eigenvalue weighted by atomic mass is 10.0. The molecule has 5 rings (SSSR count). The van der Waals surface area contributed by atoms with Gasteiger partial charge in [-0.15, -0.1) is 12.6 Å². The molecule has 1 amide bonds. The molecule has 5 nitrogen and oxygen atoms in total. The molecule has 2 aromatic rings. The highest BCUT2D eigenvalue weighted by Crippen LogP contribution is 2.57. The van der Waals surface area contributed by atoms with E-state index < -0.39 is 0 Å². The summed E-state index contributed by atoms with van der Waals surface area (Å²) < 4.78 is 0. The summed E-state index contributed by atoms with van der Waals surface area (Å²) in [5.74, 6) is 0.813. The van der Waals surface area contributed by atoms with Crippen LogP contribution in [-0.4, -0.2) is 21.9 Å². The van der Waals surface area contributed by atoms with E-state index in [0.29, 0.717) is 12.0 Å². The fourth-order valence-corrected chi connectivity index (χ4v) is 4.68. The van der Waals surface area contributed by atoms with Crippen molar-refractivity contribution in [1.82, 2.24) is 9.97 Å². The maximum Gasteiger partial charge on any atom is 0.239 e. The number of carbonyl (C=O) groups is 1. The number of rotatable bonds is 3. The molecular formula is C20H22N4OS. The number of aromatic nitrogens is 2. The van der Waals surface area contributed by atoms with Crippen molar-refractivity contribution in [2.24, 2.45) is 0 Å². The molecule has 2 saturated carbocycles. The third-order valence-corrected chi connectivity index (χ3v) is 6.28. The highest BCUT2D eigenvalue weighted by atomic mass is 32.1. The summed E-state index contributed by atoms with van der Waals surface area (Å²) in [7, 11) is 0. The second-order valence-corrected chi connectivity index (χ2v) is 8.26. The molecule has 1 spiro atoms. The zero-order valence-corrected chi connectivity index (χ0v) is 15.7. The largest absolute Gasteiger partial charge is 0.324 e. The minimum Gasteiger partial charge on any atom is -0.324 e. The number of benzene rings is 1. The van der Waals surface area contributed by atoms with Gasteiger partial charge < -0.3 is 10.2 Å². The van der Waals surface area contributed by atoms with Crippen molar-refractivity contribution in [1.29, 1.82) is 0 Å². The summed E-state index contributed by atoms with van der Waals surface area (Å²) in [4.78, 5) is 25.4. The average Bonchev–Trinajstić information content (AvgIpc) is 3.19. The number of nitrogens with zero attached hydrogens (tertiary/aromatic N) is 3. The van der Waals surface area contributed by atoms with Crippen LogP contribution in [0.25, 0.3) is 0 Å². The van der Waals surface area contributed by atoms with E-state index in [-0.39, 0.29) is 11.3 Å². The van der Waals surface area contributed by atoms with Crippen molar-refractivity contribution in [2.45, 2.75) is 61.8 Å². The van der Waals surface area contributed by atoms with Gasteiger partial charge in [0.25, 0.3) is 0 Å². The van der Waals surface area contributed by atoms with Crippen LogP contribution in [0.4, 0.5) is 17.3 Å². The predicted octanol–water partition coefficient (Wildman–Crippen LogP) is 4.14. The van der Waals surface area contributed by atoms with E-state index in [2.05, 4.69) is 22.9 Å². The SMILES string of the molecule is Cc1cc(S)ccc1Nc1ncc2c(n1)C1(CC1)C(=O)N2C1CCCC1. The van der Waals surface area contributed by atoms with Gasteiger partial charge in [-0.1, -0.05) is 12.8 Å². The molecule has 3 aliphatic rings. The van der Waals surface area contributed by atoms with Crippen LogP contribution < -0.4 is 10.2 Å². The molecule has 1 aliphatic heterocycles. The van der Waals surface area contributed by atoms with Crippen molar-refractivity contribution >= 4 is 35.9 Å². The monoisotopic (exact) mass is 366 g/mol. The van der Waals surface area contributed by atoms with Crippen LogP contribution in [0.1, 0.15) is 49.8 Å². The standard InChI is InChI=1S/C20H22N4OS/c1-12-10-14(26)6-7-15(12)22-19-21-11-16-17(23-19)20(8-9-20)18(25)24(16)13-4-2-3-5-13/h6-7,10-11,13,26H,2-5,8-9H2,1H3,(H,21,22,23). The van der Waals surface area contributed by atoms with E-state index in [4.69, 9.17) is 4.98 Å². The number of fused-ring (bicyclic) bond motifs is 2. The van der Waals surface area contributed by atoms with Gasteiger partial charge in [-0.05, 0) is 56.4 Å². The normalized spacial score (nSPS) is 20.7. The molecule has 6 heteroatoms. The summed E-state index contributed by atoms with van der Waals surface area (Å²) in [6.45, 7) is 2.03. The number of hydrogen-bond donors (Lipinski definition) is 2. The number of aryl methyl sites for hydroxylation is 1. The van der Waals surface area contributed by atoms with E-state index in [9.17, 15) is 4.79 Å². The van der Waals surface area contributed by atoms with Gasteiger partial charge >= 0.3 is 0 Å². The number of amides is 1. The topological polar surface area (TPSA) is 58.1 Å². The highest BCUT2D eigenvalue weighted by Gasteiger charge is 2.62. The summed E-state index contributed by atoms with van der Waals surface area (Å²) in [6, 6.07) is 6.26. The van der Waals surface area contributed by atoms with Crippen molar-refractivity contribution in [3.63, 3.8) is 0 Å². The predicted molar refractivity (Wildman–Crippen MR) is 104 cm³/mol. The lowest BCUT2D eigenvalue weighted by Gasteiger charge is -2.24. The fraction of sp³-hybridized carbons (Fsp3) is 0.450. The third kappa shape index (κ3) is 2.35. The molecule has 2 fully saturated rings. The van der Waals surface area contributed by atoms with Crippen LogP contribution in [0.5, 0.6) is 0 Å². The van der Waals surface area contributed by atoms with Crippen LogP contribution in [0.3, 0.4) is 0 Å². The Morgan fingerprint density at radius 2 is 2.04 bits per heavy atom. The zero-order chi connectivity index (χ0) is 17.9. The molecule has 0 unspecified atom stereocenters. The van der Waals surface area contributed by atoms with E-state index in [1.54, 1.807) is 0 Å². The Kier molecular flexibility index (Phi) is 3.54. The first-order chi connectivity index (χ1) is 12.6. The van der Waals surface area contributed by atoms with Gasteiger partial charge in [0.1, 0.15) is 0 Å². The van der Waals surface area contributed by atoms with Gasteiger partial charge in [0.2, 0.25) is 11.9 Å². The smallest absolute Gasteiger partial charge is 0.239 e. The Hall–Kier alpha value is -2.08. The Balaban J connectivity index is 1.51. The molecule has 134 valence electrons. The van der Waals surface area contributed by atoms with Crippen LogP contribution in [-0.2, 0) is 10.2 Å². The Bertz CT molecular complexity index is 903. The second-order valence-electron chi connectivity index (χ2n) is 7.75. The lowest BCUT2D eigenvalue weighted by Crippen LogP contribution is -2.39. The first-order valence-corrected chi connectivity index (χ1v) is 9.81. The van der Waals surface area contributed by atoms with Crippen molar-refractivity contribution < 1.29 is 4.79 Å². The molecular weight excluding hydrogens is 344 g/mol. The molecule has 0 atom stereocenters. The average molecular weight is 366 g/mol. The second kappa shape index (κ2) is 5.71. The summed E-state index contributed by atoms with van der Waals surface area (Å²) in [5.41, 5.74) is 3.54.